The summed E-state index contributed by atoms with van der Waals surface area (Å²) in [6, 6.07) is 11.0. The fraction of sp³-hybridized carbons (Fsp3) is 0.419. The van der Waals surface area contributed by atoms with Crippen LogP contribution in [0.2, 0.25) is 0 Å². The van der Waals surface area contributed by atoms with Gasteiger partial charge in [0.2, 0.25) is 0 Å². The van der Waals surface area contributed by atoms with Gasteiger partial charge in [-0.2, -0.15) is 5.11 Å². The minimum Gasteiger partial charge on any atom is -0.494 e. The Labute approximate surface area is 250 Å². The van der Waals surface area contributed by atoms with E-state index < -0.39 is 11.7 Å². The van der Waals surface area contributed by atoms with E-state index in [-0.39, 0.29) is 16.5 Å². The number of non-ortho nitro benzene ring substituents is 1. The lowest BCUT2D eigenvalue weighted by Crippen LogP contribution is -2.44. The third kappa shape index (κ3) is 5.74. The Morgan fingerprint density at radius 2 is 1.42 bits per heavy atom. The van der Waals surface area contributed by atoms with E-state index in [0.717, 1.165) is 31.5 Å². The van der Waals surface area contributed by atoms with Gasteiger partial charge in [-0.05, 0) is 47.4 Å². The normalized spacial score (nSPS) is 16.8. The van der Waals surface area contributed by atoms with Crippen LogP contribution in [0.5, 0.6) is 17.2 Å². The van der Waals surface area contributed by atoms with Crippen molar-refractivity contribution in [3.05, 3.63) is 63.7 Å². The number of benzene rings is 3. The molecule has 1 N–H and O–H groups in total. The van der Waals surface area contributed by atoms with Crippen LogP contribution >= 0.6 is 0 Å². The summed E-state index contributed by atoms with van der Waals surface area (Å²) in [5.41, 5.74) is 4.84. The van der Waals surface area contributed by atoms with Gasteiger partial charge < -0.3 is 24.2 Å². The molecule has 0 amide bonds. The first kappa shape index (κ1) is 29.9. The molecule has 3 aromatic rings. The van der Waals surface area contributed by atoms with Gasteiger partial charge in [-0.25, -0.2) is 0 Å². The SMILES string of the molecule is COc1cc(/N=N\c2cc3c4c(c2OCO)C(C)(C)CCN4CCC3(C)C)c(OC)cc1N=Nc1ccc([N+](=O)[O-])cc1. The van der Waals surface area contributed by atoms with Crippen molar-refractivity contribution in [2.45, 2.75) is 51.4 Å². The molecule has 43 heavy (non-hydrogen) atoms. The number of ether oxygens (including phenoxy) is 3. The Hall–Kier alpha value is -4.58. The smallest absolute Gasteiger partial charge is 0.269 e. The van der Waals surface area contributed by atoms with Gasteiger partial charge >= 0.3 is 0 Å². The van der Waals surface area contributed by atoms with E-state index in [1.54, 1.807) is 12.1 Å². The van der Waals surface area contributed by atoms with Crippen molar-refractivity contribution in [1.82, 2.24) is 0 Å². The zero-order valence-corrected chi connectivity index (χ0v) is 25.2. The molecule has 0 aliphatic carbocycles. The molecule has 5 rings (SSSR count). The summed E-state index contributed by atoms with van der Waals surface area (Å²) in [4.78, 5) is 12.9. The summed E-state index contributed by atoms with van der Waals surface area (Å²) >= 11 is 0. The number of hydrogen-bond acceptors (Lipinski definition) is 11. The number of methoxy groups -OCH3 is 2. The third-order valence-corrected chi connectivity index (χ3v) is 8.26. The van der Waals surface area contributed by atoms with Gasteiger partial charge in [-0.3, -0.25) is 10.1 Å². The van der Waals surface area contributed by atoms with Gasteiger partial charge in [0.25, 0.3) is 5.69 Å². The standard InChI is InChI=1S/C31H36N6O6/c1-30(2)11-13-36-14-12-31(3,4)27-28(36)21(30)15-24(29(27)43-18-38)35-34-23-17-25(41-5)22(16-26(23)42-6)33-32-19-7-9-20(10-8-19)37(39)40/h7-10,15-17,38H,11-14,18H2,1-6H3/b33-32?,35-34-. The van der Waals surface area contributed by atoms with Crippen LogP contribution in [0.15, 0.2) is 62.9 Å². The second kappa shape index (κ2) is 11.6. The van der Waals surface area contributed by atoms with Gasteiger partial charge in [-0.15, -0.1) is 15.3 Å². The molecule has 0 aromatic heterocycles. The summed E-state index contributed by atoms with van der Waals surface area (Å²) in [5, 5.41) is 38.4. The molecule has 2 aliphatic rings. The zero-order valence-electron chi connectivity index (χ0n) is 25.2. The summed E-state index contributed by atoms with van der Waals surface area (Å²) in [7, 11) is 3.02. The van der Waals surface area contributed by atoms with Crippen LogP contribution in [0.4, 0.5) is 34.1 Å². The average Bonchev–Trinajstić information content (AvgIpc) is 2.98. The van der Waals surface area contributed by atoms with E-state index in [1.807, 2.05) is 6.07 Å². The highest BCUT2D eigenvalue weighted by Gasteiger charge is 2.43. The zero-order chi connectivity index (χ0) is 30.9. The molecule has 0 spiro atoms. The highest BCUT2D eigenvalue weighted by Crippen LogP contribution is 2.55. The van der Waals surface area contributed by atoms with E-state index in [9.17, 15) is 15.2 Å². The molecule has 0 bridgehead atoms. The van der Waals surface area contributed by atoms with E-state index in [1.165, 1.54) is 49.7 Å². The van der Waals surface area contributed by atoms with Crippen LogP contribution in [0.3, 0.4) is 0 Å². The van der Waals surface area contributed by atoms with Gasteiger partial charge in [0.05, 0.1) is 24.8 Å². The van der Waals surface area contributed by atoms with Crippen molar-refractivity contribution < 1.29 is 24.2 Å². The molecular weight excluding hydrogens is 552 g/mol. The van der Waals surface area contributed by atoms with Crippen LogP contribution in [0.1, 0.15) is 51.7 Å². The lowest BCUT2D eigenvalue weighted by molar-refractivity contribution is -0.384. The average molecular weight is 589 g/mol. The highest BCUT2D eigenvalue weighted by molar-refractivity contribution is 5.78. The summed E-state index contributed by atoms with van der Waals surface area (Å²) in [6.07, 6.45) is 1.96. The number of nitro benzene ring substituents is 1. The van der Waals surface area contributed by atoms with Crippen molar-refractivity contribution in [2.75, 3.05) is 39.0 Å². The van der Waals surface area contributed by atoms with Crippen molar-refractivity contribution in [3.8, 4) is 17.2 Å². The molecule has 12 heteroatoms. The molecule has 0 atom stereocenters. The topological polar surface area (TPSA) is 144 Å². The van der Waals surface area contributed by atoms with Crippen LogP contribution in [-0.2, 0) is 10.8 Å². The number of nitrogens with zero attached hydrogens (tertiary/aromatic N) is 6. The Morgan fingerprint density at radius 1 is 0.860 bits per heavy atom. The first-order chi connectivity index (χ1) is 20.5. The van der Waals surface area contributed by atoms with Crippen LogP contribution < -0.4 is 19.1 Å². The Morgan fingerprint density at radius 3 is 1.98 bits per heavy atom. The number of hydrogen-bond donors (Lipinski definition) is 1. The number of rotatable bonds is 9. The minimum atomic E-state index is -0.487. The van der Waals surface area contributed by atoms with Gasteiger partial charge in [0, 0.05) is 48.6 Å². The van der Waals surface area contributed by atoms with Crippen molar-refractivity contribution in [2.24, 2.45) is 20.5 Å². The summed E-state index contributed by atoms with van der Waals surface area (Å²) in [6.45, 7) is 10.3. The molecular formula is C31H36N6O6. The van der Waals surface area contributed by atoms with Crippen molar-refractivity contribution in [3.63, 3.8) is 0 Å². The molecule has 0 saturated carbocycles. The van der Waals surface area contributed by atoms with Gasteiger partial charge in [-0.1, -0.05) is 27.7 Å². The monoisotopic (exact) mass is 588 g/mol. The molecule has 12 nitrogen and oxygen atoms in total. The molecule has 226 valence electrons. The lowest BCUT2D eigenvalue weighted by Gasteiger charge is -2.48. The Balaban J connectivity index is 1.56. The summed E-state index contributed by atoms with van der Waals surface area (Å²) in [5.74, 6) is 1.29. The van der Waals surface area contributed by atoms with E-state index in [0.29, 0.717) is 40.0 Å². The third-order valence-electron chi connectivity index (χ3n) is 8.26. The molecule has 2 heterocycles. The Kier molecular flexibility index (Phi) is 8.06. The number of aliphatic hydroxyl groups excluding tert-OH is 1. The predicted octanol–water partition coefficient (Wildman–Crippen LogP) is 7.94. The van der Waals surface area contributed by atoms with Crippen molar-refractivity contribution in [1.29, 1.82) is 0 Å². The van der Waals surface area contributed by atoms with E-state index in [4.69, 9.17) is 14.2 Å². The second-order valence-electron chi connectivity index (χ2n) is 11.9. The van der Waals surface area contributed by atoms with E-state index in [2.05, 4.69) is 53.1 Å². The first-order valence-electron chi connectivity index (χ1n) is 14.0. The van der Waals surface area contributed by atoms with Crippen molar-refractivity contribution >= 4 is 34.1 Å². The quantitative estimate of drug-likeness (QED) is 0.116. The molecule has 3 aromatic carbocycles. The maximum atomic E-state index is 10.9. The molecule has 0 unspecified atom stereocenters. The Bertz CT molecular complexity index is 1600. The second-order valence-corrected chi connectivity index (χ2v) is 11.9. The number of anilines is 1. The van der Waals surface area contributed by atoms with E-state index >= 15 is 0 Å². The predicted molar refractivity (Wildman–Crippen MR) is 163 cm³/mol. The molecule has 2 aliphatic heterocycles. The van der Waals surface area contributed by atoms with Crippen LogP contribution in [0, 0.1) is 10.1 Å². The lowest BCUT2D eigenvalue weighted by atomic mass is 9.69. The fourth-order valence-electron chi connectivity index (χ4n) is 5.70. The maximum Gasteiger partial charge on any atom is 0.269 e. The molecule has 0 saturated heterocycles. The van der Waals surface area contributed by atoms with Gasteiger partial charge in [0.1, 0.15) is 28.6 Å². The number of aliphatic hydroxyl groups is 1. The van der Waals surface area contributed by atoms with Gasteiger partial charge in [0.15, 0.2) is 12.5 Å². The number of azo groups is 2. The number of nitro groups is 1. The first-order valence-corrected chi connectivity index (χ1v) is 14.0. The highest BCUT2D eigenvalue weighted by atomic mass is 16.6. The molecule has 0 radical (unpaired) electrons. The summed E-state index contributed by atoms with van der Waals surface area (Å²) < 4.78 is 17.0. The fourth-order valence-corrected chi connectivity index (χ4v) is 5.70. The largest absolute Gasteiger partial charge is 0.494 e. The maximum absolute atomic E-state index is 10.9. The molecule has 0 fully saturated rings. The van der Waals surface area contributed by atoms with Crippen LogP contribution in [0.25, 0.3) is 0 Å². The minimum absolute atomic E-state index is 0.0341. The van der Waals surface area contributed by atoms with Crippen LogP contribution in [-0.4, -0.2) is 44.1 Å².